The molecule has 4 amide bonds. The maximum Gasteiger partial charge on any atom is 0.258 e. The number of halogens is 5. The number of carbonyl (C=O) groups is 6. The van der Waals surface area contributed by atoms with E-state index in [-0.39, 0.29) is 72.9 Å². The van der Waals surface area contributed by atoms with Gasteiger partial charge in [0.1, 0.15) is 12.4 Å². The molecule has 5 aromatic carbocycles. The highest BCUT2D eigenvalue weighted by Gasteiger charge is 2.26. The lowest BCUT2D eigenvalue weighted by atomic mass is 10.1. The predicted molar refractivity (Wildman–Crippen MR) is 258 cm³/mol. The molecule has 66 heavy (non-hydrogen) atoms. The van der Waals surface area contributed by atoms with Crippen LogP contribution in [0.2, 0.25) is 10.0 Å². The van der Waals surface area contributed by atoms with Crippen LogP contribution in [0, 0.1) is 0 Å². The highest BCUT2D eigenvalue weighted by molar-refractivity contribution is 6.32. The zero-order valence-electron chi connectivity index (χ0n) is 35.6. The lowest BCUT2D eigenvalue weighted by Crippen LogP contribution is -2.32. The normalized spacial score (nSPS) is 13.0. The van der Waals surface area contributed by atoms with Gasteiger partial charge < -0.3 is 26.0 Å². The molecule has 0 fully saturated rings. The molecule has 0 aromatic heterocycles. The summed E-state index contributed by atoms with van der Waals surface area (Å²) in [6.07, 6.45) is 0. The molecule has 0 aliphatic rings. The number of hydrogen-bond acceptors (Lipinski definition) is 11. The van der Waals surface area contributed by atoms with E-state index in [1.165, 1.54) is 54.6 Å². The summed E-state index contributed by atoms with van der Waals surface area (Å²) < 4.78 is 5.74. The molecule has 0 saturated carbocycles. The average Bonchev–Trinajstić information content (AvgIpc) is 3.26. The summed E-state index contributed by atoms with van der Waals surface area (Å²) in [5, 5.41) is 26.6. The number of amides is 4. The second-order valence-corrected chi connectivity index (χ2v) is 17.0. The van der Waals surface area contributed by atoms with Crippen LogP contribution in [0.3, 0.4) is 0 Å². The monoisotopic (exact) mass is 992 g/mol. The molecule has 15 nitrogen and oxygen atoms in total. The van der Waals surface area contributed by atoms with Gasteiger partial charge in [0.05, 0.1) is 33.7 Å². The number of alkyl halides is 3. The van der Waals surface area contributed by atoms with E-state index in [9.17, 15) is 28.8 Å². The molecule has 5 rings (SSSR count). The van der Waals surface area contributed by atoms with E-state index in [0.29, 0.717) is 11.4 Å². The van der Waals surface area contributed by atoms with Crippen LogP contribution >= 0.6 is 58.0 Å². The van der Waals surface area contributed by atoms with Gasteiger partial charge in [0.15, 0.2) is 11.6 Å². The highest BCUT2D eigenvalue weighted by atomic mass is 35.5. The first-order valence-electron chi connectivity index (χ1n) is 19.9. The van der Waals surface area contributed by atoms with Crippen molar-refractivity contribution in [1.82, 2.24) is 0 Å². The minimum atomic E-state index is -1.64. The summed E-state index contributed by atoms with van der Waals surface area (Å²) >= 11 is 30.7. The molecule has 5 aromatic rings. The zero-order chi connectivity index (χ0) is 48.1. The molecule has 0 heterocycles. The molecule has 0 radical (unpaired) electrons. The van der Waals surface area contributed by atoms with Gasteiger partial charge in [-0.3, -0.25) is 28.8 Å². The maximum absolute atomic E-state index is 13.5. The molecular weight excluding hydrogens is 954 g/mol. The molecule has 0 bridgehead atoms. The van der Waals surface area contributed by atoms with Crippen molar-refractivity contribution < 1.29 is 33.5 Å². The fourth-order valence-corrected chi connectivity index (χ4v) is 6.69. The van der Waals surface area contributed by atoms with E-state index in [2.05, 4.69) is 41.7 Å². The molecule has 20 heteroatoms. The molecule has 0 spiro atoms. The van der Waals surface area contributed by atoms with Crippen LogP contribution in [0.1, 0.15) is 70.3 Å². The smallest absolute Gasteiger partial charge is 0.258 e. The van der Waals surface area contributed by atoms with Crippen LogP contribution in [0.4, 0.5) is 34.1 Å². The summed E-state index contributed by atoms with van der Waals surface area (Å²) in [6, 6.07) is 23.3. The lowest BCUT2D eigenvalue weighted by molar-refractivity contribution is -0.127. The molecule has 342 valence electrons. The first-order chi connectivity index (χ1) is 31.4. The number of Topliss-reactive ketones (excluding diaryl/α,β-unsaturated/α-hetero) is 2. The third-order valence-corrected chi connectivity index (χ3v) is 10.3. The van der Waals surface area contributed by atoms with E-state index in [1.807, 2.05) is 13.8 Å². The van der Waals surface area contributed by atoms with Gasteiger partial charge >= 0.3 is 0 Å². The Kier molecular flexibility index (Phi) is 18.3. The van der Waals surface area contributed by atoms with Gasteiger partial charge in [0.2, 0.25) is 12.1 Å². The molecular formula is C46H41Cl5N8O7. The third-order valence-electron chi connectivity index (χ3n) is 9.23. The minimum absolute atomic E-state index is 0.0240. The minimum Gasteiger partial charge on any atom is -0.490 e. The standard InChI is InChI=1S/C46H41Cl5N8O7/c1-24(48)28-5-9-34(10-6-28)52-43(62)30-17-32(50)21-37(19-30)56-58-41(26(3)60)45(64)54-36-13-14-39(40(23-36)66-16-15-47)55-46(65)42(27(4)61)59-57-38-20-31(18-33(51)22-38)44(63)53-35-11-7-29(8-12-35)25(2)49/h5-14,17-25,41-42H,15-16H2,1-4H3,(H,52,62)(H,53,63)(H,54,64)(H,55,65). The zero-order valence-corrected chi connectivity index (χ0v) is 39.4. The summed E-state index contributed by atoms with van der Waals surface area (Å²) in [5.41, 5.74) is 3.45. The number of ether oxygens (including phenoxy) is 1. The van der Waals surface area contributed by atoms with Crippen molar-refractivity contribution in [3.05, 3.63) is 135 Å². The van der Waals surface area contributed by atoms with E-state index in [0.717, 1.165) is 25.0 Å². The van der Waals surface area contributed by atoms with Gasteiger partial charge in [-0.1, -0.05) is 47.5 Å². The van der Waals surface area contributed by atoms with Crippen LogP contribution in [-0.2, 0) is 19.2 Å². The number of carbonyl (C=O) groups excluding carboxylic acids is 6. The van der Waals surface area contributed by atoms with Gasteiger partial charge in [-0.15, -0.1) is 34.8 Å². The van der Waals surface area contributed by atoms with Crippen molar-refractivity contribution in [2.75, 3.05) is 33.8 Å². The summed E-state index contributed by atoms with van der Waals surface area (Å²) in [4.78, 5) is 78.3. The Morgan fingerprint density at radius 2 is 0.985 bits per heavy atom. The van der Waals surface area contributed by atoms with Crippen molar-refractivity contribution in [3.8, 4) is 5.75 Å². The van der Waals surface area contributed by atoms with Crippen LogP contribution in [0.25, 0.3) is 0 Å². The summed E-state index contributed by atoms with van der Waals surface area (Å²) in [5.74, 6) is -3.98. The Hall–Kier alpha value is -6.23. The lowest BCUT2D eigenvalue weighted by Gasteiger charge is -2.16. The molecule has 0 aliphatic carbocycles. The third kappa shape index (κ3) is 14.6. The second kappa shape index (κ2) is 23.8. The Labute approximate surface area is 404 Å². The van der Waals surface area contributed by atoms with Crippen LogP contribution in [0.15, 0.2) is 124 Å². The average molecular weight is 995 g/mol. The number of nitrogens with one attached hydrogen (secondary N) is 4. The number of hydrogen-bond donors (Lipinski definition) is 4. The number of nitrogens with zero attached hydrogens (tertiary/aromatic N) is 4. The number of ketones is 2. The summed E-state index contributed by atoms with van der Waals surface area (Å²) in [6.45, 7) is 5.94. The topological polar surface area (TPSA) is 209 Å². The van der Waals surface area contributed by atoms with E-state index in [4.69, 9.17) is 62.7 Å². The van der Waals surface area contributed by atoms with Crippen molar-refractivity contribution in [3.63, 3.8) is 0 Å². The van der Waals surface area contributed by atoms with Crippen molar-refractivity contribution in [2.45, 2.75) is 50.5 Å². The molecule has 4 N–H and O–H groups in total. The highest BCUT2D eigenvalue weighted by Crippen LogP contribution is 2.31. The quantitative estimate of drug-likeness (QED) is 0.0357. The summed E-state index contributed by atoms with van der Waals surface area (Å²) in [7, 11) is 0. The second-order valence-electron chi connectivity index (χ2n) is 14.5. The first-order valence-corrected chi connectivity index (χ1v) is 22.1. The molecule has 4 unspecified atom stereocenters. The Morgan fingerprint density at radius 3 is 1.39 bits per heavy atom. The van der Waals surface area contributed by atoms with Crippen LogP contribution in [0.5, 0.6) is 5.75 Å². The van der Waals surface area contributed by atoms with E-state index >= 15 is 0 Å². The van der Waals surface area contributed by atoms with Crippen LogP contribution < -0.4 is 26.0 Å². The Morgan fingerprint density at radius 1 is 0.561 bits per heavy atom. The Balaban J connectivity index is 1.27. The van der Waals surface area contributed by atoms with Crippen molar-refractivity contribution >= 4 is 127 Å². The van der Waals surface area contributed by atoms with Gasteiger partial charge in [-0.25, -0.2) is 0 Å². The number of benzene rings is 5. The largest absolute Gasteiger partial charge is 0.490 e. The SMILES string of the molecule is CC(=O)C(N=Nc1cc(Cl)cc(C(=O)Nc2ccc(C(C)Cl)cc2)c1)C(=O)Nc1ccc(NC(=O)C(N=Nc2cc(Cl)cc(C(=O)Nc3ccc(C(C)Cl)cc3)c2)C(C)=O)c(OCCCl)c1. The molecule has 0 aliphatic heterocycles. The number of anilines is 4. The number of rotatable bonds is 19. The van der Waals surface area contributed by atoms with Gasteiger partial charge in [0.25, 0.3) is 23.6 Å². The van der Waals surface area contributed by atoms with Gasteiger partial charge in [0, 0.05) is 44.3 Å². The van der Waals surface area contributed by atoms with Crippen molar-refractivity contribution in [2.24, 2.45) is 20.5 Å². The predicted octanol–water partition coefficient (Wildman–Crippen LogP) is 12.1. The maximum atomic E-state index is 13.5. The fraction of sp³-hybridized carbons (Fsp3) is 0.217. The molecule has 0 saturated heterocycles. The van der Waals surface area contributed by atoms with Crippen LogP contribution in [-0.4, -0.2) is 59.8 Å². The number of azo groups is 2. The molecule has 4 atom stereocenters. The first kappa shape index (κ1) is 50.8. The Bertz CT molecular complexity index is 2680. The fourth-order valence-electron chi connectivity index (χ4n) is 5.86. The van der Waals surface area contributed by atoms with Gasteiger partial charge in [-0.2, -0.15) is 20.5 Å². The van der Waals surface area contributed by atoms with Gasteiger partial charge in [-0.05, 0) is 112 Å². The van der Waals surface area contributed by atoms with Crippen molar-refractivity contribution in [1.29, 1.82) is 0 Å². The van der Waals surface area contributed by atoms with E-state index < -0.39 is 47.3 Å². The van der Waals surface area contributed by atoms with E-state index in [1.54, 1.807) is 48.5 Å².